The van der Waals surface area contributed by atoms with Crippen LogP contribution in [0.1, 0.15) is 52.9 Å². The van der Waals surface area contributed by atoms with Crippen LogP contribution in [0, 0.1) is 26.7 Å². The third-order valence-corrected chi connectivity index (χ3v) is 5.16. The standard InChI is InChI=1S/C22H24N2O3.C2H4.H2/c1-13-10-14(2)19(15(3)11-13)20-18(25)12-16(21(20)26)7-9-24-22(27)17-6-4-5-8-23-17;1-2;/h4-6,8,10-11,16,20H,7,9,12H2,1-3H3,(H,24,27);1-2H2;1H. The van der Waals surface area contributed by atoms with Crippen molar-refractivity contribution in [3.63, 3.8) is 0 Å². The van der Waals surface area contributed by atoms with Crippen molar-refractivity contribution in [1.29, 1.82) is 0 Å². The number of aryl methyl sites for hydroxylation is 3. The number of benzene rings is 1. The first-order valence-electron chi connectivity index (χ1n) is 9.72. The van der Waals surface area contributed by atoms with Gasteiger partial charge in [0.25, 0.3) is 5.91 Å². The van der Waals surface area contributed by atoms with Crippen LogP contribution in [0.25, 0.3) is 0 Å². The Kier molecular flexibility index (Phi) is 7.59. The van der Waals surface area contributed by atoms with Crippen LogP contribution in [-0.2, 0) is 9.59 Å². The lowest BCUT2D eigenvalue weighted by Crippen LogP contribution is -2.27. The fraction of sp³-hybridized carbons (Fsp3) is 0.333. The molecule has 2 aromatic rings. The molecule has 0 spiro atoms. The van der Waals surface area contributed by atoms with E-state index in [9.17, 15) is 14.4 Å². The summed E-state index contributed by atoms with van der Waals surface area (Å²) in [5, 5.41) is 2.78. The lowest BCUT2D eigenvalue weighted by atomic mass is 9.86. The number of nitrogens with zero attached hydrogens (tertiary/aromatic N) is 1. The maximum atomic E-state index is 12.9. The smallest absolute Gasteiger partial charge is 0.269 e. The molecule has 1 N–H and O–H groups in total. The molecule has 1 aliphatic carbocycles. The molecule has 1 saturated carbocycles. The van der Waals surface area contributed by atoms with Gasteiger partial charge in [-0.25, -0.2) is 0 Å². The van der Waals surface area contributed by atoms with E-state index in [1.54, 1.807) is 24.4 Å². The van der Waals surface area contributed by atoms with Crippen molar-refractivity contribution in [2.75, 3.05) is 6.54 Å². The number of hydrogen-bond acceptors (Lipinski definition) is 4. The molecule has 0 radical (unpaired) electrons. The molecule has 5 nitrogen and oxygen atoms in total. The van der Waals surface area contributed by atoms with Gasteiger partial charge in [-0.3, -0.25) is 19.4 Å². The summed E-state index contributed by atoms with van der Waals surface area (Å²) in [4.78, 5) is 41.5. The summed E-state index contributed by atoms with van der Waals surface area (Å²) < 4.78 is 0. The normalized spacial score (nSPS) is 18.2. The van der Waals surface area contributed by atoms with Gasteiger partial charge in [0.05, 0.1) is 0 Å². The zero-order valence-corrected chi connectivity index (χ0v) is 17.3. The van der Waals surface area contributed by atoms with Crippen LogP contribution in [0.2, 0.25) is 0 Å². The Hall–Kier alpha value is -3.08. The molecule has 1 amide bonds. The number of rotatable bonds is 5. The first-order valence-corrected chi connectivity index (χ1v) is 9.72. The number of carbonyl (C=O) groups excluding carboxylic acids is 3. The Morgan fingerprint density at radius 1 is 1.17 bits per heavy atom. The Balaban J connectivity index is 0.00000146. The number of Topliss-reactive ketones (excluding diaryl/α,β-unsaturated/α-hetero) is 2. The summed E-state index contributed by atoms with van der Waals surface area (Å²) in [5.41, 5.74) is 4.30. The number of pyridine rings is 1. The van der Waals surface area contributed by atoms with Crippen LogP contribution in [0.4, 0.5) is 0 Å². The minimum Gasteiger partial charge on any atom is -0.351 e. The second-order valence-electron chi connectivity index (χ2n) is 7.27. The van der Waals surface area contributed by atoms with Crippen molar-refractivity contribution >= 4 is 17.5 Å². The average Bonchev–Trinajstić information content (AvgIpc) is 2.97. The zero-order chi connectivity index (χ0) is 21.6. The highest BCUT2D eigenvalue weighted by Gasteiger charge is 2.42. The summed E-state index contributed by atoms with van der Waals surface area (Å²) in [6, 6.07) is 9.16. The third kappa shape index (κ3) is 5.05. The summed E-state index contributed by atoms with van der Waals surface area (Å²) in [6.07, 6.45) is 2.27. The average molecular weight is 395 g/mol. The van der Waals surface area contributed by atoms with Crippen molar-refractivity contribution in [3.05, 3.63) is 77.6 Å². The van der Waals surface area contributed by atoms with Gasteiger partial charge in [-0.05, 0) is 56.0 Å². The minimum atomic E-state index is -0.665. The SMILES string of the molecule is C=C.Cc1cc(C)c(C2C(=O)CC(CCNC(=O)c3ccccn3)C2=O)c(C)c1.[HH]. The van der Waals surface area contributed by atoms with E-state index in [1.807, 2.05) is 32.9 Å². The Labute approximate surface area is 173 Å². The van der Waals surface area contributed by atoms with Gasteiger partial charge < -0.3 is 5.32 Å². The van der Waals surface area contributed by atoms with E-state index in [0.29, 0.717) is 18.7 Å². The molecule has 154 valence electrons. The van der Waals surface area contributed by atoms with E-state index in [0.717, 1.165) is 22.3 Å². The topological polar surface area (TPSA) is 76.1 Å². The first kappa shape index (κ1) is 22.2. The minimum absolute atomic E-state index is 0. The van der Waals surface area contributed by atoms with Crippen molar-refractivity contribution in [2.24, 2.45) is 5.92 Å². The van der Waals surface area contributed by atoms with Crippen molar-refractivity contribution in [3.8, 4) is 0 Å². The molecule has 0 saturated heterocycles. The fourth-order valence-corrected chi connectivity index (χ4v) is 4.00. The molecule has 5 heteroatoms. The van der Waals surface area contributed by atoms with Crippen LogP contribution in [0.3, 0.4) is 0 Å². The molecule has 0 aliphatic heterocycles. The van der Waals surface area contributed by atoms with E-state index >= 15 is 0 Å². The molecule has 2 unspecified atom stereocenters. The van der Waals surface area contributed by atoms with Crippen molar-refractivity contribution in [2.45, 2.75) is 39.5 Å². The largest absolute Gasteiger partial charge is 0.351 e. The maximum absolute atomic E-state index is 12.9. The highest BCUT2D eigenvalue weighted by atomic mass is 16.2. The number of nitrogens with one attached hydrogen (secondary N) is 1. The summed E-state index contributed by atoms with van der Waals surface area (Å²) in [7, 11) is 0. The number of carbonyl (C=O) groups is 3. The quantitative estimate of drug-likeness (QED) is 0.611. The lowest BCUT2D eigenvalue weighted by molar-refractivity contribution is -0.124. The molecule has 29 heavy (non-hydrogen) atoms. The summed E-state index contributed by atoms with van der Waals surface area (Å²) in [6.45, 7) is 12.3. The number of amides is 1. The molecule has 0 bridgehead atoms. The fourth-order valence-electron chi connectivity index (χ4n) is 4.00. The van der Waals surface area contributed by atoms with E-state index < -0.39 is 5.92 Å². The van der Waals surface area contributed by atoms with E-state index in [-0.39, 0.29) is 31.2 Å². The van der Waals surface area contributed by atoms with Crippen LogP contribution in [0.5, 0.6) is 0 Å². The second-order valence-corrected chi connectivity index (χ2v) is 7.27. The molecule has 1 fully saturated rings. The van der Waals surface area contributed by atoms with E-state index in [2.05, 4.69) is 23.5 Å². The van der Waals surface area contributed by atoms with Crippen molar-refractivity contribution < 1.29 is 15.8 Å². The molecular weight excluding hydrogens is 364 g/mol. The monoisotopic (exact) mass is 394 g/mol. The lowest BCUT2D eigenvalue weighted by Gasteiger charge is -2.16. The maximum Gasteiger partial charge on any atom is 0.269 e. The predicted molar refractivity (Wildman–Crippen MR) is 116 cm³/mol. The Morgan fingerprint density at radius 3 is 2.41 bits per heavy atom. The van der Waals surface area contributed by atoms with Gasteiger partial charge >= 0.3 is 0 Å². The molecule has 1 heterocycles. The van der Waals surface area contributed by atoms with E-state index in [1.165, 1.54) is 0 Å². The van der Waals surface area contributed by atoms with Crippen LogP contribution >= 0.6 is 0 Å². The highest BCUT2D eigenvalue weighted by Crippen LogP contribution is 2.37. The van der Waals surface area contributed by atoms with Crippen LogP contribution in [-0.4, -0.2) is 29.0 Å². The molecular formula is C24H30N2O3. The van der Waals surface area contributed by atoms with Gasteiger partial charge in [-0.1, -0.05) is 23.8 Å². The predicted octanol–water partition coefficient (Wildman–Crippen LogP) is 4.12. The van der Waals surface area contributed by atoms with Gasteiger partial charge in [0.1, 0.15) is 17.4 Å². The number of ketones is 2. The molecule has 1 aromatic heterocycles. The third-order valence-electron chi connectivity index (χ3n) is 5.16. The first-order chi connectivity index (χ1) is 13.9. The molecule has 2 atom stereocenters. The van der Waals surface area contributed by atoms with Crippen molar-refractivity contribution in [1.82, 2.24) is 10.3 Å². The van der Waals surface area contributed by atoms with E-state index in [4.69, 9.17) is 0 Å². The molecule has 3 rings (SSSR count). The number of hydrogen-bond donors (Lipinski definition) is 1. The number of aromatic nitrogens is 1. The summed E-state index contributed by atoms with van der Waals surface area (Å²) >= 11 is 0. The van der Waals surface area contributed by atoms with Crippen LogP contribution in [0.15, 0.2) is 49.7 Å². The highest BCUT2D eigenvalue weighted by molar-refractivity contribution is 6.15. The zero-order valence-electron chi connectivity index (χ0n) is 17.3. The van der Waals surface area contributed by atoms with Gasteiger partial charge in [0.2, 0.25) is 0 Å². The van der Waals surface area contributed by atoms with Gasteiger partial charge in [-0.15, -0.1) is 13.2 Å². The Bertz CT molecular complexity index is 889. The van der Waals surface area contributed by atoms with Gasteiger partial charge in [0, 0.05) is 26.5 Å². The Morgan fingerprint density at radius 2 is 1.83 bits per heavy atom. The van der Waals surface area contributed by atoms with Crippen LogP contribution < -0.4 is 5.32 Å². The van der Waals surface area contributed by atoms with Gasteiger partial charge in [0.15, 0.2) is 5.78 Å². The molecule has 1 aromatic carbocycles. The summed E-state index contributed by atoms with van der Waals surface area (Å²) in [5.74, 6) is -1.32. The van der Waals surface area contributed by atoms with Gasteiger partial charge in [-0.2, -0.15) is 0 Å². The second kappa shape index (κ2) is 9.92. The molecule has 1 aliphatic rings.